The molecule has 0 bridgehead atoms. The maximum atomic E-state index is 13.3. The van der Waals surface area contributed by atoms with Crippen molar-refractivity contribution in [2.45, 2.75) is 24.7 Å². The molecule has 1 aliphatic heterocycles. The summed E-state index contributed by atoms with van der Waals surface area (Å²) in [5, 5.41) is 12.0. The molecule has 1 aromatic heterocycles. The molecule has 31 heavy (non-hydrogen) atoms. The average Bonchev–Trinajstić information content (AvgIpc) is 3.11. The molecule has 162 valence electrons. The van der Waals surface area contributed by atoms with E-state index >= 15 is 0 Å². The largest absolute Gasteiger partial charge is 0.336 e. The number of rotatable bonds is 5. The van der Waals surface area contributed by atoms with Crippen LogP contribution in [0.4, 0.5) is 5.69 Å². The Balaban J connectivity index is 1.72. The summed E-state index contributed by atoms with van der Waals surface area (Å²) in [6.45, 7) is 7.26. The molecule has 1 aliphatic rings. The van der Waals surface area contributed by atoms with Crippen LogP contribution in [0.5, 0.6) is 0 Å². The lowest BCUT2D eigenvalue weighted by atomic mass is 10.0. The lowest BCUT2D eigenvalue weighted by Crippen LogP contribution is -2.47. The number of piperazine rings is 1. The van der Waals surface area contributed by atoms with Gasteiger partial charge in [0.15, 0.2) is 0 Å². The summed E-state index contributed by atoms with van der Waals surface area (Å²) in [7, 11) is 2.04. The molecule has 0 atom stereocenters. The van der Waals surface area contributed by atoms with Crippen LogP contribution in [0.1, 0.15) is 35.7 Å². The molecule has 0 N–H and O–H groups in total. The summed E-state index contributed by atoms with van der Waals surface area (Å²) in [4.78, 5) is 29.3. The van der Waals surface area contributed by atoms with E-state index in [0.717, 1.165) is 23.5 Å². The molecule has 7 nitrogen and oxygen atoms in total. The summed E-state index contributed by atoms with van der Waals surface area (Å²) in [6, 6.07) is 13.1. The van der Waals surface area contributed by atoms with Crippen molar-refractivity contribution in [2.75, 3.05) is 33.2 Å². The third kappa shape index (κ3) is 4.45. The zero-order chi connectivity index (χ0) is 22.1. The van der Waals surface area contributed by atoms with Gasteiger partial charge in [0.05, 0.1) is 16.0 Å². The minimum Gasteiger partial charge on any atom is -0.336 e. The van der Waals surface area contributed by atoms with Crippen molar-refractivity contribution in [3.05, 3.63) is 69.9 Å². The molecule has 0 spiro atoms. The second-order valence-corrected chi connectivity index (χ2v) is 9.29. The van der Waals surface area contributed by atoms with Gasteiger partial charge in [0.1, 0.15) is 0 Å². The molecule has 0 radical (unpaired) electrons. The predicted octanol–water partition coefficient (Wildman–Crippen LogP) is 4.62. The van der Waals surface area contributed by atoms with Crippen molar-refractivity contribution >= 4 is 34.4 Å². The number of fused-ring (bicyclic) bond motifs is 1. The van der Waals surface area contributed by atoms with Crippen molar-refractivity contribution in [2.24, 2.45) is 0 Å². The number of nitrogens with zero attached hydrogens (tertiary/aromatic N) is 4. The molecule has 2 heterocycles. The number of nitro groups is 1. The number of carbonyl (C=O) groups excluding carboxylic acids is 1. The van der Waals surface area contributed by atoms with Crippen LogP contribution in [0, 0.1) is 10.1 Å². The highest BCUT2D eigenvalue weighted by Gasteiger charge is 2.25. The third-order valence-electron chi connectivity index (χ3n) is 5.74. The predicted molar refractivity (Wildman–Crippen MR) is 124 cm³/mol. The van der Waals surface area contributed by atoms with E-state index in [9.17, 15) is 14.9 Å². The van der Waals surface area contributed by atoms with E-state index in [4.69, 9.17) is 0 Å². The van der Waals surface area contributed by atoms with Crippen LogP contribution in [-0.4, -0.2) is 57.8 Å². The number of benzene rings is 2. The highest BCUT2D eigenvalue weighted by atomic mass is 32.2. The summed E-state index contributed by atoms with van der Waals surface area (Å²) >= 11 is 1.50. The summed E-state index contributed by atoms with van der Waals surface area (Å²) in [5.41, 5.74) is 2.56. The number of hydrogen-bond donors (Lipinski definition) is 0. The van der Waals surface area contributed by atoms with E-state index in [1.54, 1.807) is 6.07 Å². The monoisotopic (exact) mass is 438 g/mol. The van der Waals surface area contributed by atoms with Crippen LogP contribution in [0.3, 0.4) is 0 Å². The maximum Gasteiger partial charge on any atom is 0.270 e. The minimum atomic E-state index is -0.418. The van der Waals surface area contributed by atoms with Gasteiger partial charge in [-0.2, -0.15) is 0 Å². The van der Waals surface area contributed by atoms with Crippen molar-refractivity contribution in [1.29, 1.82) is 0 Å². The first-order valence-corrected chi connectivity index (χ1v) is 11.2. The van der Waals surface area contributed by atoms with Crippen molar-refractivity contribution < 1.29 is 9.72 Å². The normalized spacial score (nSPS) is 15.0. The second-order valence-electron chi connectivity index (χ2n) is 8.24. The molecule has 3 aromatic rings. The Morgan fingerprint density at radius 2 is 1.74 bits per heavy atom. The van der Waals surface area contributed by atoms with Crippen LogP contribution in [0.25, 0.3) is 10.9 Å². The summed E-state index contributed by atoms with van der Waals surface area (Å²) in [5.74, 6) is 0.382. The fraction of sp³-hybridized carbons (Fsp3) is 0.348. The van der Waals surface area contributed by atoms with Gasteiger partial charge in [-0.3, -0.25) is 18.9 Å². The third-order valence-corrected chi connectivity index (χ3v) is 6.72. The fourth-order valence-corrected chi connectivity index (χ4v) is 4.66. The zero-order valence-electron chi connectivity index (χ0n) is 17.9. The quantitative estimate of drug-likeness (QED) is 0.429. The smallest absolute Gasteiger partial charge is 0.270 e. The van der Waals surface area contributed by atoms with Crippen molar-refractivity contribution in [3.63, 3.8) is 0 Å². The molecule has 0 aliphatic carbocycles. The van der Waals surface area contributed by atoms with Gasteiger partial charge in [-0.15, -0.1) is 0 Å². The standard InChI is InChI=1S/C23H26N4O3S/c1-16(2)17-4-7-19(8-5-17)31-26-15-21(23(28)25-12-10-24(3)11-13-25)20-14-18(27(29)30)6-9-22(20)26/h4-9,14-16H,10-13H2,1-3H3. The number of nitro benzene ring substituents is 1. The molecule has 0 unspecified atom stereocenters. The van der Waals surface area contributed by atoms with E-state index in [-0.39, 0.29) is 11.6 Å². The van der Waals surface area contributed by atoms with E-state index in [2.05, 4.69) is 43.0 Å². The molecule has 2 aromatic carbocycles. The molecule has 1 saturated heterocycles. The first kappa shape index (κ1) is 21.4. The zero-order valence-corrected chi connectivity index (χ0v) is 18.8. The van der Waals surface area contributed by atoms with Crippen molar-refractivity contribution in [1.82, 2.24) is 13.8 Å². The molecule has 1 fully saturated rings. The maximum absolute atomic E-state index is 13.3. The minimum absolute atomic E-state index is 0.0102. The first-order chi connectivity index (χ1) is 14.8. The molecule has 1 amide bonds. The fourth-order valence-electron chi connectivity index (χ4n) is 3.75. The molecular weight excluding hydrogens is 412 g/mol. The van der Waals surface area contributed by atoms with Gasteiger partial charge in [0.2, 0.25) is 0 Å². The number of aromatic nitrogens is 1. The molecule has 8 heteroatoms. The first-order valence-electron chi connectivity index (χ1n) is 10.4. The van der Waals surface area contributed by atoms with Gasteiger partial charge in [-0.05, 0) is 48.7 Å². The molecule has 4 rings (SSSR count). The van der Waals surface area contributed by atoms with Crippen LogP contribution in [-0.2, 0) is 0 Å². The van der Waals surface area contributed by atoms with Gasteiger partial charge in [0, 0.05) is 54.8 Å². The summed E-state index contributed by atoms with van der Waals surface area (Å²) < 4.78 is 1.94. The van der Waals surface area contributed by atoms with Gasteiger partial charge >= 0.3 is 0 Å². The van der Waals surface area contributed by atoms with Gasteiger partial charge in [0.25, 0.3) is 11.6 Å². The second kappa shape index (κ2) is 8.72. The van der Waals surface area contributed by atoms with Crippen LogP contribution in [0.2, 0.25) is 0 Å². The number of amides is 1. The lowest BCUT2D eigenvalue weighted by molar-refractivity contribution is -0.384. The van der Waals surface area contributed by atoms with E-state index in [1.165, 1.54) is 29.6 Å². The Kier molecular flexibility index (Phi) is 6.02. The van der Waals surface area contributed by atoms with Crippen LogP contribution < -0.4 is 0 Å². The Labute approximate surface area is 185 Å². The topological polar surface area (TPSA) is 71.6 Å². The Hall–Kier alpha value is -2.84. The lowest BCUT2D eigenvalue weighted by Gasteiger charge is -2.32. The van der Waals surface area contributed by atoms with Crippen LogP contribution in [0.15, 0.2) is 53.6 Å². The van der Waals surface area contributed by atoms with Gasteiger partial charge in [-0.1, -0.05) is 26.0 Å². The van der Waals surface area contributed by atoms with E-state index in [1.807, 2.05) is 22.1 Å². The number of likely N-dealkylation sites (N-methyl/N-ethyl adjacent to an activating group) is 1. The van der Waals surface area contributed by atoms with Gasteiger partial charge in [-0.25, -0.2) is 0 Å². The number of carbonyl (C=O) groups is 1. The molecule has 0 saturated carbocycles. The highest BCUT2D eigenvalue weighted by molar-refractivity contribution is 7.98. The highest BCUT2D eigenvalue weighted by Crippen LogP contribution is 2.33. The number of hydrogen-bond acceptors (Lipinski definition) is 5. The number of non-ortho nitro benzene ring substituents is 1. The summed E-state index contributed by atoms with van der Waals surface area (Å²) in [6.07, 6.45) is 1.82. The van der Waals surface area contributed by atoms with Crippen molar-refractivity contribution in [3.8, 4) is 0 Å². The average molecular weight is 439 g/mol. The molecular formula is C23H26N4O3S. The van der Waals surface area contributed by atoms with Gasteiger partial charge < -0.3 is 9.80 Å². The Bertz CT molecular complexity index is 1120. The van der Waals surface area contributed by atoms with Crippen LogP contribution >= 0.6 is 11.9 Å². The van der Waals surface area contributed by atoms with E-state index in [0.29, 0.717) is 30.0 Å². The Morgan fingerprint density at radius 1 is 1.06 bits per heavy atom. The Morgan fingerprint density at radius 3 is 2.35 bits per heavy atom. The van der Waals surface area contributed by atoms with E-state index < -0.39 is 4.92 Å². The SMILES string of the molecule is CC(C)c1ccc(Sn2cc(C(=O)N3CCN(C)CC3)c3cc([N+](=O)[O-])ccc32)cc1.